The van der Waals surface area contributed by atoms with Gasteiger partial charge in [-0.2, -0.15) is 18.3 Å². The second kappa shape index (κ2) is 12.3. The van der Waals surface area contributed by atoms with E-state index < -0.39 is 12.1 Å². The summed E-state index contributed by atoms with van der Waals surface area (Å²) in [7, 11) is 5.66. The van der Waals surface area contributed by atoms with Crippen molar-refractivity contribution < 1.29 is 32.6 Å². The molecule has 2 aromatic carbocycles. The molecular formula is C23H25ClF3N5O4. The molecule has 1 amide bonds. The SMILES string of the molecule is CN(C)c1cccc(C(=O)Nc2ccc(OCCN)c(-c3c(Cl)cnn3C)c2)c1.O=C(O)C(F)(F)F. The second-order valence-corrected chi connectivity index (χ2v) is 7.92. The highest BCUT2D eigenvalue weighted by Crippen LogP contribution is 2.36. The summed E-state index contributed by atoms with van der Waals surface area (Å²) in [5.74, 6) is -2.34. The van der Waals surface area contributed by atoms with Crippen LogP contribution in [0.15, 0.2) is 48.7 Å². The van der Waals surface area contributed by atoms with Gasteiger partial charge < -0.3 is 25.8 Å². The molecule has 0 spiro atoms. The molecule has 1 aromatic heterocycles. The fourth-order valence-corrected chi connectivity index (χ4v) is 3.20. The van der Waals surface area contributed by atoms with Gasteiger partial charge in [0.2, 0.25) is 0 Å². The Labute approximate surface area is 210 Å². The van der Waals surface area contributed by atoms with Crippen molar-refractivity contribution in [2.24, 2.45) is 12.8 Å². The quantitative estimate of drug-likeness (QED) is 0.424. The van der Waals surface area contributed by atoms with Crippen molar-refractivity contribution in [2.75, 3.05) is 37.5 Å². The van der Waals surface area contributed by atoms with Crippen LogP contribution in [0.2, 0.25) is 5.02 Å². The van der Waals surface area contributed by atoms with Gasteiger partial charge in [0.25, 0.3) is 5.91 Å². The number of carbonyl (C=O) groups excluding carboxylic acids is 1. The zero-order chi connectivity index (χ0) is 27.0. The van der Waals surface area contributed by atoms with E-state index in [2.05, 4.69) is 10.4 Å². The van der Waals surface area contributed by atoms with Gasteiger partial charge in [-0.25, -0.2) is 4.79 Å². The molecule has 3 rings (SSSR count). The van der Waals surface area contributed by atoms with Crippen molar-refractivity contribution in [3.8, 4) is 17.0 Å². The first-order chi connectivity index (χ1) is 16.8. The third-order valence-corrected chi connectivity index (χ3v) is 4.91. The summed E-state index contributed by atoms with van der Waals surface area (Å²) in [6, 6.07) is 12.8. The topological polar surface area (TPSA) is 123 Å². The number of benzene rings is 2. The molecule has 36 heavy (non-hydrogen) atoms. The van der Waals surface area contributed by atoms with Crippen LogP contribution in [-0.2, 0) is 11.8 Å². The van der Waals surface area contributed by atoms with Crippen LogP contribution in [0.3, 0.4) is 0 Å². The number of anilines is 2. The third-order valence-electron chi connectivity index (χ3n) is 4.63. The Morgan fingerprint density at radius 2 is 1.89 bits per heavy atom. The lowest BCUT2D eigenvalue weighted by molar-refractivity contribution is -0.192. The molecule has 0 radical (unpaired) electrons. The largest absolute Gasteiger partial charge is 0.492 e. The van der Waals surface area contributed by atoms with Crippen molar-refractivity contribution in [2.45, 2.75) is 6.18 Å². The maximum Gasteiger partial charge on any atom is 0.490 e. The van der Waals surface area contributed by atoms with Crippen molar-refractivity contribution >= 4 is 34.9 Å². The number of hydrogen-bond acceptors (Lipinski definition) is 6. The van der Waals surface area contributed by atoms with Crippen molar-refractivity contribution in [1.82, 2.24) is 9.78 Å². The number of aliphatic carboxylic acids is 1. The van der Waals surface area contributed by atoms with Crippen LogP contribution in [0.25, 0.3) is 11.3 Å². The Balaban J connectivity index is 0.000000572. The molecule has 0 bridgehead atoms. The van der Waals surface area contributed by atoms with Gasteiger partial charge in [0, 0.05) is 50.2 Å². The van der Waals surface area contributed by atoms with Gasteiger partial charge in [0.15, 0.2) is 0 Å². The van der Waals surface area contributed by atoms with E-state index in [1.807, 2.05) is 43.3 Å². The first kappa shape index (κ1) is 28.5. The number of ether oxygens (including phenoxy) is 1. The Bertz CT molecular complexity index is 1200. The number of aromatic nitrogens is 2. The van der Waals surface area contributed by atoms with E-state index in [9.17, 15) is 18.0 Å². The van der Waals surface area contributed by atoms with E-state index in [0.29, 0.717) is 40.9 Å². The molecule has 0 saturated heterocycles. The van der Waals surface area contributed by atoms with E-state index in [-0.39, 0.29) is 5.91 Å². The molecule has 13 heteroatoms. The Morgan fingerprint density at radius 1 is 1.22 bits per heavy atom. The smallest absolute Gasteiger partial charge is 0.490 e. The predicted molar refractivity (Wildman–Crippen MR) is 131 cm³/mol. The molecule has 0 atom stereocenters. The Kier molecular flexibility index (Phi) is 9.70. The van der Waals surface area contributed by atoms with E-state index in [4.69, 9.17) is 32.0 Å². The van der Waals surface area contributed by atoms with Crippen LogP contribution in [0.1, 0.15) is 10.4 Å². The van der Waals surface area contributed by atoms with Gasteiger partial charge in [0.1, 0.15) is 12.4 Å². The van der Waals surface area contributed by atoms with Crippen LogP contribution in [-0.4, -0.2) is 60.2 Å². The molecule has 0 aliphatic rings. The van der Waals surface area contributed by atoms with E-state index in [1.165, 1.54) is 0 Å². The summed E-state index contributed by atoms with van der Waals surface area (Å²) in [4.78, 5) is 23.6. The summed E-state index contributed by atoms with van der Waals surface area (Å²) >= 11 is 6.33. The fraction of sp³-hybridized carbons (Fsp3) is 0.261. The Morgan fingerprint density at radius 3 is 2.42 bits per heavy atom. The molecule has 9 nitrogen and oxygen atoms in total. The van der Waals surface area contributed by atoms with Gasteiger partial charge in [-0.1, -0.05) is 17.7 Å². The number of carbonyl (C=O) groups is 2. The number of carboxylic acids is 1. The van der Waals surface area contributed by atoms with Gasteiger partial charge >= 0.3 is 12.1 Å². The van der Waals surface area contributed by atoms with Crippen LogP contribution in [0.4, 0.5) is 24.5 Å². The van der Waals surface area contributed by atoms with E-state index >= 15 is 0 Å². The minimum atomic E-state index is -5.08. The van der Waals surface area contributed by atoms with Crippen molar-refractivity contribution in [3.05, 3.63) is 59.2 Å². The van der Waals surface area contributed by atoms with Crippen LogP contribution >= 0.6 is 11.6 Å². The fourth-order valence-electron chi connectivity index (χ4n) is 2.93. The standard InChI is InChI=1S/C21H24ClN5O2.C2HF3O2/c1-26(2)16-6-4-5-14(11-16)21(28)25-15-7-8-19(29-10-9-23)17(12-15)20-18(22)13-24-27(20)3;3-2(4,5)1(6)7/h4-8,11-13H,9-10,23H2,1-3H3,(H,25,28);(H,6,7). The summed E-state index contributed by atoms with van der Waals surface area (Å²) < 4.78 is 39.2. The highest BCUT2D eigenvalue weighted by Gasteiger charge is 2.38. The first-order valence-electron chi connectivity index (χ1n) is 10.4. The highest BCUT2D eigenvalue weighted by molar-refractivity contribution is 6.33. The van der Waals surface area contributed by atoms with Crippen molar-refractivity contribution in [1.29, 1.82) is 0 Å². The number of carboxylic acid groups (broad SMARTS) is 1. The average Bonchev–Trinajstić information content (AvgIpc) is 3.15. The first-order valence-corrected chi connectivity index (χ1v) is 10.8. The number of nitrogens with zero attached hydrogens (tertiary/aromatic N) is 3. The number of halogens is 4. The maximum absolute atomic E-state index is 12.8. The van der Waals surface area contributed by atoms with Gasteiger partial charge in [-0.15, -0.1) is 0 Å². The maximum atomic E-state index is 12.8. The predicted octanol–water partition coefficient (Wildman–Crippen LogP) is 4.03. The summed E-state index contributed by atoms with van der Waals surface area (Å²) in [5.41, 5.74) is 9.13. The molecule has 194 valence electrons. The number of aryl methyl sites for hydroxylation is 1. The summed E-state index contributed by atoms with van der Waals surface area (Å²) in [6.45, 7) is 0.755. The normalized spacial score (nSPS) is 10.8. The average molecular weight is 528 g/mol. The highest BCUT2D eigenvalue weighted by atomic mass is 35.5. The number of nitrogens with two attached hydrogens (primary N) is 1. The van der Waals surface area contributed by atoms with Gasteiger partial charge in [-0.05, 0) is 36.4 Å². The van der Waals surface area contributed by atoms with E-state index in [1.54, 1.807) is 36.1 Å². The molecule has 0 aliphatic heterocycles. The number of amides is 1. The molecule has 4 N–H and O–H groups in total. The lowest BCUT2D eigenvalue weighted by Gasteiger charge is -2.15. The van der Waals surface area contributed by atoms with E-state index in [0.717, 1.165) is 11.3 Å². The minimum absolute atomic E-state index is 0.202. The minimum Gasteiger partial charge on any atom is -0.492 e. The summed E-state index contributed by atoms with van der Waals surface area (Å²) in [5, 5.41) is 14.7. The molecular weight excluding hydrogens is 503 g/mol. The lowest BCUT2D eigenvalue weighted by Crippen LogP contribution is -2.21. The molecule has 0 unspecified atom stereocenters. The second-order valence-electron chi connectivity index (χ2n) is 7.51. The van der Waals surface area contributed by atoms with Crippen LogP contribution in [0.5, 0.6) is 5.75 Å². The lowest BCUT2D eigenvalue weighted by atomic mass is 10.1. The molecule has 0 aliphatic carbocycles. The number of hydrogen-bond donors (Lipinski definition) is 3. The molecule has 1 heterocycles. The van der Waals surface area contributed by atoms with Gasteiger partial charge in [0.05, 0.1) is 16.9 Å². The third kappa shape index (κ3) is 7.62. The molecule has 3 aromatic rings. The van der Waals surface area contributed by atoms with Crippen LogP contribution in [0, 0.1) is 0 Å². The zero-order valence-corrected chi connectivity index (χ0v) is 20.4. The van der Waals surface area contributed by atoms with Crippen molar-refractivity contribution in [3.63, 3.8) is 0 Å². The number of rotatable bonds is 7. The van der Waals surface area contributed by atoms with Crippen LogP contribution < -0.4 is 20.7 Å². The number of nitrogens with one attached hydrogen (secondary N) is 1. The molecule has 0 fully saturated rings. The summed E-state index contributed by atoms with van der Waals surface area (Å²) in [6.07, 6.45) is -3.51. The van der Waals surface area contributed by atoms with Gasteiger partial charge in [-0.3, -0.25) is 9.48 Å². The Hall–Kier alpha value is -3.77. The monoisotopic (exact) mass is 527 g/mol. The molecule has 0 saturated carbocycles. The zero-order valence-electron chi connectivity index (χ0n) is 19.6. The number of alkyl halides is 3.